The van der Waals surface area contributed by atoms with Crippen LogP contribution in [0, 0.1) is 13.8 Å². The van der Waals surface area contributed by atoms with Crippen LogP contribution in [-0.2, 0) is 21.2 Å². The van der Waals surface area contributed by atoms with E-state index in [0.717, 1.165) is 11.1 Å². The third kappa shape index (κ3) is 5.03. The number of benzene rings is 3. The molecule has 3 aromatic rings. The molecule has 5 nitrogen and oxygen atoms in total. The highest BCUT2D eigenvalue weighted by atomic mass is 32.2. The van der Waals surface area contributed by atoms with E-state index in [1.807, 2.05) is 18.2 Å². The third-order valence-electron chi connectivity index (χ3n) is 4.60. The van der Waals surface area contributed by atoms with Gasteiger partial charge in [0.1, 0.15) is 12.4 Å². The molecule has 29 heavy (non-hydrogen) atoms. The summed E-state index contributed by atoms with van der Waals surface area (Å²) in [6.45, 7) is 4.51. The minimum atomic E-state index is -3.84. The highest BCUT2D eigenvalue weighted by molar-refractivity contribution is 7.92. The van der Waals surface area contributed by atoms with Gasteiger partial charge >= 0.3 is 5.97 Å². The van der Waals surface area contributed by atoms with Gasteiger partial charge in [0, 0.05) is 0 Å². The van der Waals surface area contributed by atoms with E-state index in [0.29, 0.717) is 12.4 Å². The van der Waals surface area contributed by atoms with Gasteiger partial charge in [0.2, 0.25) is 0 Å². The fraction of sp³-hybridized carbons (Fsp3) is 0.174. The topological polar surface area (TPSA) is 80.7 Å². The van der Waals surface area contributed by atoms with Crippen LogP contribution in [-0.4, -0.2) is 25.2 Å². The molecule has 0 atom stereocenters. The average Bonchev–Trinajstić information content (AvgIpc) is 2.66. The number of sulfone groups is 1. The van der Waals surface area contributed by atoms with Crippen molar-refractivity contribution in [3.8, 4) is 16.9 Å². The second-order valence-corrected chi connectivity index (χ2v) is 8.87. The molecule has 3 aromatic carbocycles. The van der Waals surface area contributed by atoms with E-state index in [2.05, 4.69) is 38.1 Å². The van der Waals surface area contributed by atoms with Gasteiger partial charge in [0.05, 0.1) is 4.90 Å². The Morgan fingerprint density at radius 2 is 1.55 bits per heavy atom. The average molecular weight is 410 g/mol. The number of aliphatic carboxylic acids is 1. The molecule has 3 rings (SSSR count). The van der Waals surface area contributed by atoms with Gasteiger partial charge in [-0.2, -0.15) is 0 Å². The Bertz CT molecular complexity index is 1110. The van der Waals surface area contributed by atoms with Crippen molar-refractivity contribution in [3.63, 3.8) is 0 Å². The monoisotopic (exact) mass is 410 g/mol. The Morgan fingerprint density at radius 3 is 2.17 bits per heavy atom. The quantitative estimate of drug-likeness (QED) is 0.624. The first kappa shape index (κ1) is 20.6. The zero-order valence-corrected chi connectivity index (χ0v) is 17.1. The normalized spacial score (nSPS) is 11.2. The summed E-state index contributed by atoms with van der Waals surface area (Å²) >= 11 is 0. The second-order valence-electron chi connectivity index (χ2n) is 6.88. The molecule has 0 aliphatic carbocycles. The Hall–Kier alpha value is -3.12. The van der Waals surface area contributed by atoms with Crippen LogP contribution in [0.4, 0.5) is 0 Å². The molecule has 0 fully saturated rings. The first-order chi connectivity index (χ1) is 13.8. The molecule has 0 spiro atoms. The molecule has 0 bridgehead atoms. The lowest BCUT2D eigenvalue weighted by Gasteiger charge is -2.12. The summed E-state index contributed by atoms with van der Waals surface area (Å²) in [5.41, 5.74) is 5.74. The van der Waals surface area contributed by atoms with Crippen LogP contribution < -0.4 is 4.74 Å². The fourth-order valence-electron chi connectivity index (χ4n) is 3.24. The molecule has 0 aromatic heterocycles. The van der Waals surface area contributed by atoms with Crippen molar-refractivity contribution < 1.29 is 23.1 Å². The van der Waals surface area contributed by atoms with E-state index in [1.165, 1.54) is 41.0 Å². The zero-order chi connectivity index (χ0) is 21.0. The van der Waals surface area contributed by atoms with E-state index >= 15 is 0 Å². The maximum Gasteiger partial charge on any atom is 0.319 e. The van der Waals surface area contributed by atoms with Gasteiger partial charge in [-0.05, 0) is 72.0 Å². The maximum atomic E-state index is 11.9. The van der Waals surface area contributed by atoms with Crippen LogP contribution in [0.5, 0.6) is 5.75 Å². The van der Waals surface area contributed by atoms with Gasteiger partial charge in [-0.3, -0.25) is 4.79 Å². The van der Waals surface area contributed by atoms with Crippen molar-refractivity contribution in [2.75, 3.05) is 5.75 Å². The van der Waals surface area contributed by atoms with Crippen LogP contribution in [0.2, 0.25) is 0 Å². The van der Waals surface area contributed by atoms with Crippen LogP contribution in [0.3, 0.4) is 0 Å². The highest BCUT2D eigenvalue weighted by Crippen LogP contribution is 2.28. The predicted molar refractivity (Wildman–Crippen MR) is 112 cm³/mol. The number of carboxylic acids is 1. The minimum Gasteiger partial charge on any atom is -0.489 e. The van der Waals surface area contributed by atoms with E-state index in [9.17, 15) is 13.2 Å². The van der Waals surface area contributed by atoms with Gasteiger partial charge in [0.25, 0.3) is 0 Å². The number of carbonyl (C=O) groups is 1. The predicted octanol–water partition coefficient (Wildman–Crippen LogP) is 4.41. The lowest BCUT2D eigenvalue weighted by molar-refractivity contribution is -0.134. The molecule has 0 saturated carbocycles. The summed E-state index contributed by atoms with van der Waals surface area (Å²) in [4.78, 5) is 10.6. The van der Waals surface area contributed by atoms with Crippen LogP contribution >= 0.6 is 0 Å². The summed E-state index contributed by atoms with van der Waals surface area (Å²) in [6, 6.07) is 20.1. The van der Waals surface area contributed by atoms with Crippen molar-refractivity contribution in [1.29, 1.82) is 0 Å². The Kier molecular flexibility index (Phi) is 6.03. The van der Waals surface area contributed by atoms with E-state index in [-0.39, 0.29) is 4.90 Å². The SMILES string of the molecule is Cc1cccc(C)c1-c1cccc(COc2ccc(S(=O)(=O)CC(=O)O)cc2)c1. The van der Waals surface area contributed by atoms with Crippen molar-refractivity contribution in [3.05, 3.63) is 83.4 Å². The smallest absolute Gasteiger partial charge is 0.319 e. The number of aryl methyl sites for hydroxylation is 2. The van der Waals surface area contributed by atoms with Crippen molar-refractivity contribution >= 4 is 15.8 Å². The number of rotatable bonds is 7. The molecule has 0 aliphatic rings. The first-order valence-corrected chi connectivity index (χ1v) is 10.7. The maximum absolute atomic E-state index is 11.9. The Balaban J connectivity index is 1.73. The number of ether oxygens (including phenoxy) is 1. The molecule has 1 N–H and O–H groups in total. The number of hydrogen-bond acceptors (Lipinski definition) is 4. The van der Waals surface area contributed by atoms with E-state index in [4.69, 9.17) is 9.84 Å². The molecule has 0 heterocycles. The standard InChI is InChI=1S/C23H22O5S/c1-16-5-3-6-17(2)23(16)19-8-4-7-18(13-19)14-28-20-9-11-21(12-10-20)29(26,27)15-22(24)25/h3-13H,14-15H2,1-2H3,(H,24,25). The van der Waals surface area contributed by atoms with E-state index in [1.54, 1.807) is 0 Å². The molecule has 0 aliphatic heterocycles. The lowest BCUT2D eigenvalue weighted by atomic mass is 9.95. The Morgan fingerprint density at radius 1 is 0.931 bits per heavy atom. The van der Waals surface area contributed by atoms with Gasteiger partial charge in [-0.15, -0.1) is 0 Å². The zero-order valence-electron chi connectivity index (χ0n) is 16.3. The molecule has 0 amide bonds. The van der Waals surface area contributed by atoms with E-state index < -0.39 is 21.6 Å². The second kappa shape index (κ2) is 8.49. The third-order valence-corrected chi connectivity index (χ3v) is 6.22. The van der Waals surface area contributed by atoms with Crippen molar-refractivity contribution in [2.24, 2.45) is 0 Å². The minimum absolute atomic E-state index is 0.0377. The summed E-state index contributed by atoms with van der Waals surface area (Å²) in [5, 5.41) is 8.71. The van der Waals surface area contributed by atoms with Gasteiger partial charge in [0.15, 0.2) is 15.6 Å². The molecule has 150 valence electrons. The van der Waals surface area contributed by atoms with Gasteiger partial charge in [-0.1, -0.05) is 36.4 Å². The fourth-order valence-corrected chi connectivity index (χ4v) is 4.28. The molecular weight excluding hydrogens is 388 g/mol. The van der Waals surface area contributed by atoms with Crippen molar-refractivity contribution in [1.82, 2.24) is 0 Å². The summed E-state index contributed by atoms with van der Waals surface area (Å²) < 4.78 is 29.7. The lowest BCUT2D eigenvalue weighted by Crippen LogP contribution is -2.15. The van der Waals surface area contributed by atoms with Gasteiger partial charge in [-0.25, -0.2) is 8.42 Å². The molecule has 0 saturated heterocycles. The van der Waals surface area contributed by atoms with Crippen LogP contribution in [0.1, 0.15) is 16.7 Å². The first-order valence-electron chi connectivity index (χ1n) is 9.09. The number of carboxylic acid groups (broad SMARTS) is 1. The van der Waals surface area contributed by atoms with Crippen molar-refractivity contribution in [2.45, 2.75) is 25.3 Å². The summed E-state index contributed by atoms with van der Waals surface area (Å²) in [5.74, 6) is -1.80. The number of hydrogen-bond donors (Lipinski definition) is 1. The Labute approximate surface area is 170 Å². The summed E-state index contributed by atoms with van der Waals surface area (Å²) in [6.07, 6.45) is 0. The van der Waals surface area contributed by atoms with Gasteiger partial charge < -0.3 is 9.84 Å². The molecule has 0 radical (unpaired) electrons. The molecule has 6 heteroatoms. The van der Waals surface area contributed by atoms with Crippen LogP contribution in [0.15, 0.2) is 71.6 Å². The molecular formula is C23H22O5S. The van der Waals surface area contributed by atoms with Crippen LogP contribution in [0.25, 0.3) is 11.1 Å². The highest BCUT2D eigenvalue weighted by Gasteiger charge is 2.18. The summed E-state index contributed by atoms with van der Waals surface area (Å²) in [7, 11) is -3.84. The largest absolute Gasteiger partial charge is 0.489 e. The molecule has 0 unspecified atom stereocenters.